The Hall–Kier alpha value is -1.35. The summed E-state index contributed by atoms with van der Waals surface area (Å²) in [6.07, 6.45) is 0.0183. The van der Waals surface area contributed by atoms with Crippen LogP contribution in [0.2, 0.25) is 0 Å². The summed E-state index contributed by atoms with van der Waals surface area (Å²) in [7, 11) is 0. The molecule has 0 aliphatic carbocycles. The molecular formula is C16H24N2O. The summed E-state index contributed by atoms with van der Waals surface area (Å²) < 4.78 is 0. The van der Waals surface area contributed by atoms with Gasteiger partial charge in [0.25, 0.3) is 0 Å². The first-order valence-electron chi connectivity index (χ1n) is 7.09. The Morgan fingerprint density at radius 3 is 2.58 bits per heavy atom. The Bertz CT molecular complexity index is 482. The molecule has 0 spiro atoms. The first-order valence-corrected chi connectivity index (χ1v) is 7.09. The summed E-state index contributed by atoms with van der Waals surface area (Å²) >= 11 is 0. The number of hydrogen-bond donors (Lipinski definition) is 1. The lowest BCUT2D eigenvalue weighted by molar-refractivity contribution is -0.130. The van der Waals surface area contributed by atoms with Crippen LogP contribution in [0.15, 0.2) is 18.2 Å². The van der Waals surface area contributed by atoms with Gasteiger partial charge in [-0.3, -0.25) is 10.1 Å². The summed E-state index contributed by atoms with van der Waals surface area (Å²) in [5.74, 6) is 0.542. The number of amides is 1. The summed E-state index contributed by atoms with van der Waals surface area (Å²) in [4.78, 5) is 14.4. The van der Waals surface area contributed by atoms with E-state index in [1.54, 1.807) is 0 Å². The third kappa shape index (κ3) is 2.52. The average Bonchev–Trinajstić information content (AvgIpc) is 2.69. The van der Waals surface area contributed by atoms with Crippen LogP contribution in [0.25, 0.3) is 0 Å². The number of likely N-dealkylation sites (N-methyl/N-ethyl adjacent to an activating group) is 1. The van der Waals surface area contributed by atoms with Crippen molar-refractivity contribution in [3.8, 4) is 0 Å². The Morgan fingerprint density at radius 1 is 1.32 bits per heavy atom. The Labute approximate surface area is 116 Å². The first kappa shape index (κ1) is 14.1. The fourth-order valence-electron chi connectivity index (χ4n) is 2.77. The van der Waals surface area contributed by atoms with E-state index in [4.69, 9.17) is 0 Å². The molecule has 0 saturated carbocycles. The predicted molar refractivity (Wildman–Crippen MR) is 77.8 cm³/mol. The van der Waals surface area contributed by atoms with Crippen molar-refractivity contribution in [3.63, 3.8) is 0 Å². The summed E-state index contributed by atoms with van der Waals surface area (Å²) in [5.41, 5.74) is 3.69. The van der Waals surface area contributed by atoms with Gasteiger partial charge in [0, 0.05) is 6.54 Å². The van der Waals surface area contributed by atoms with Crippen molar-refractivity contribution in [3.05, 3.63) is 34.9 Å². The third-order valence-corrected chi connectivity index (χ3v) is 3.93. The molecule has 1 amide bonds. The van der Waals surface area contributed by atoms with Gasteiger partial charge in [-0.05, 0) is 37.8 Å². The lowest BCUT2D eigenvalue weighted by Crippen LogP contribution is -2.34. The van der Waals surface area contributed by atoms with Gasteiger partial charge in [0.15, 0.2) is 0 Å². The molecule has 1 aliphatic rings. The molecule has 2 rings (SSSR count). The van der Waals surface area contributed by atoms with Crippen molar-refractivity contribution in [2.45, 2.75) is 46.8 Å². The number of carbonyl (C=O) groups is 1. The SMILES string of the molecule is CCN1C(=O)C(C(C)C)NC1c1cc(C)ccc1C. The predicted octanol–water partition coefficient (Wildman–Crippen LogP) is 2.78. The molecule has 1 N–H and O–H groups in total. The van der Waals surface area contributed by atoms with Gasteiger partial charge in [0.2, 0.25) is 5.91 Å². The molecule has 1 aromatic rings. The molecule has 1 aliphatic heterocycles. The number of nitrogens with one attached hydrogen (secondary N) is 1. The zero-order valence-electron chi connectivity index (χ0n) is 12.5. The molecule has 19 heavy (non-hydrogen) atoms. The number of benzene rings is 1. The van der Waals surface area contributed by atoms with Gasteiger partial charge in [-0.15, -0.1) is 0 Å². The lowest BCUT2D eigenvalue weighted by Gasteiger charge is -2.24. The third-order valence-electron chi connectivity index (χ3n) is 3.93. The molecule has 0 radical (unpaired) electrons. The maximum absolute atomic E-state index is 12.4. The maximum atomic E-state index is 12.4. The second-order valence-corrected chi connectivity index (χ2v) is 5.78. The van der Waals surface area contributed by atoms with Crippen LogP contribution in [0.4, 0.5) is 0 Å². The highest BCUT2D eigenvalue weighted by Gasteiger charge is 2.40. The largest absolute Gasteiger partial charge is 0.322 e. The van der Waals surface area contributed by atoms with Crippen LogP contribution in [0.1, 0.15) is 43.6 Å². The van der Waals surface area contributed by atoms with Crippen LogP contribution in [-0.4, -0.2) is 23.4 Å². The van der Waals surface area contributed by atoms with Gasteiger partial charge in [-0.25, -0.2) is 0 Å². The van der Waals surface area contributed by atoms with Crippen molar-refractivity contribution >= 4 is 5.91 Å². The van der Waals surface area contributed by atoms with E-state index in [-0.39, 0.29) is 18.1 Å². The average molecular weight is 260 g/mol. The van der Waals surface area contributed by atoms with Gasteiger partial charge in [-0.1, -0.05) is 37.6 Å². The fourth-order valence-corrected chi connectivity index (χ4v) is 2.77. The highest BCUT2D eigenvalue weighted by Crippen LogP contribution is 2.30. The van der Waals surface area contributed by atoms with Crippen LogP contribution in [0.3, 0.4) is 0 Å². The van der Waals surface area contributed by atoms with Crippen LogP contribution in [0, 0.1) is 19.8 Å². The van der Waals surface area contributed by atoms with E-state index in [0.29, 0.717) is 5.92 Å². The second kappa shape index (κ2) is 5.33. The smallest absolute Gasteiger partial charge is 0.241 e. The standard InChI is InChI=1S/C16H24N2O/c1-6-18-15(17-14(10(2)3)16(18)19)13-9-11(4)7-8-12(13)5/h7-10,14-15,17H,6H2,1-5H3. The van der Waals surface area contributed by atoms with Gasteiger partial charge < -0.3 is 4.90 Å². The van der Waals surface area contributed by atoms with E-state index < -0.39 is 0 Å². The number of aryl methyl sites for hydroxylation is 2. The second-order valence-electron chi connectivity index (χ2n) is 5.78. The topological polar surface area (TPSA) is 32.3 Å². The van der Waals surface area contributed by atoms with Crippen molar-refractivity contribution < 1.29 is 4.79 Å². The highest BCUT2D eigenvalue weighted by atomic mass is 16.2. The molecule has 0 aromatic heterocycles. The number of hydrogen-bond acceptors (Lipinski definition) is 2. The molecule has 2 atom stereocenters. The number of rotatable bonds is 3. The van der Waals surface area contributed by atoms with Gasteiger partial charge >= 0.3 is 0 Å². The molecular weight excluding hydrogens is 236 g/mol. The normalized spacial score (nSPS) is 23.5. The molecule has 1 heterocycles. The summed E-state index contributed by atoms with van der Waals surface area (Å²) in [6, 6.07) is 6.37. The Balaban J connectivity index is 2.38. The molecule has 104 valence electrons. The van der Waals surface area contributed by atoms with E-state index >= 15 is 0 Å². The van der Waals surface area contributed by atoms with Gasteiger partial charge in [0.1, 0.15) is 6.17 Å². The fraction of sp³-hybridized carbons (Fsp3) is 0.562. The van der Waals surface area contributed by atoms with Crippen LogP contribution in [0.5, 0.6) is 0 Å². The van der Waals surface area contributed by atoms with Crippen LogP contribution < -0.4 is 5.32 Å². The summed E-state index contributed by atoms with van der Waals surface area (Å²) in [6.45, 7) is 11.2. The van der Waals surface area contributed by atoms with Crippen molar-refractivity contribution in [1.82, 2.24) is 10.2 Å². The zero-order valence-corrected chi connectivity index (χ0v) is 12.5. The van der Waals surface area contributed by atoms with E-state index in [9.17, 15) is 4.79 Å². The molecule has 3 nitrogen and oxygen atoms in total. The molecule has 1 saturated heterocycles. The quantitative estimate of drug-likeness (QED) is 0.906. The molecule has 0 bridgehead atoms. The van der Waals surface area contributed by atoms with E-state index in [0.717, 1.165) is 6.54 Å². The Kier molecular flexibility index (Phi) is 3.95. The molecule has 1 fully saturated rings. The minimum Gasteiger partial charge on any atom is -0.322 e. The zero-order chi connectivity index (χ0) is 14.2. The van der Waals surface area contributed by atoms with Crippen molar-refractivity contribution in [2.75, 3.05) is 6.54 Å². The monoisotopic (exact) mass is 260 g/mol. The Morgan fingerprint density at radius 2 is 2.00 bits per heavy atom. The molecule has 2 unspecified atom stereocenters. The molecule has 1 aromatic carbocycles. The van der Waals surface area contributed by atoms with Crippen LogP contribution in [-0.2, 0) is 4.79 Å². The van der Waals surface area contributed by atoms with E-state index in [1.807, 2.05) is 11.8 Å². The van der Waals surface area contributed by atoms with Crippen LogP contribution >= 0.6 is 0 Å². The highest BCUT2D eigenvalue weighted by molar-refractivity contribution is 5.84. The number of carbonyl (C=O) groups excluding carboxylic acids is 1. The van der Waals surface area contributed by atoms with Gasteiger partial charge in [-0.2, -0.15) is 0 Å². The minimum atomic E-state index is -0.0649. The van der Waals surface area contributed by atoms with E-state index in [2.05, 4.69) is 51.2 Å². The minimum absolute atomic E-state index is 0.0183. The van der Waals surface area contributed by atoms with E-state index in [1.165, 1.54) is 16.7 Å². The lowest BCUT2D eigenvalue weighted by atomic mass is 10.0. The summed E-state index contributed by atoms with van der Waals surface area (Å²) in [5, 5.41) is 3.50. The van der Waals surface area contributed by atoms with Crippen molar-refractivity contribution in [1.29, 1.82) is 0 Å². The number of nitrogens with zero attached hydrogens (tertiary/aromatic N) is 1. The first-order chi connectivity index (χ1) is 8.95. The van der Waals surface area contributed by atoms with Gasteiger partial charge in [0.05, 0.1) is 6.04 Å². The molecule has 3 heteroatoms. The maximum Gasteiger partial charge on any atom is 0.241 e. The van der Waals surface area contributed by atoms with Crippen molar-refractivity contribution in [2.24, 2.45) is 5.92 Å².